The Labute approximate surface area is 161 Å². The summed E-state index contributed by atoms with van der Waals surface area (Å²) in [5.74, 6) is 0.0693. The number of amides is 1. The fourth-order valence-corrected chi connectivity index (χ4v) is 3.00. The van der Waals surface area contributed by atoms with Crippen LogP contribution in [0.3, 0.4) is 0 Å². The summed E-state index contributed by atoms with van der Waals surface area (Å²) in [5.41, 5.74) is 5.66. The van der Waals surface area contributed by atoms with Gasteiger partial charge in [0.2, 0.25) is 10.0 Å². The van der Waals surface area contributed by atoms with Crippen LogP contribution >= 0.6 is 12.4 Å². The highest BCUT2D eigenvalue weighted by molar-refractivity contribution is 7.92. The van der Waals surface area contributed by atoms with E-state index in [0.717, 1.165) is 6.26 Å². The first-order chi connectivity index (χ1) is 11.6. The maximum absolute atomic E-state index is 12.7. The third kappa shape index (κ3) is 5.93. The van der Waals surface area contributed by atoms with E-state index in [9.17, 15) is 13.2 Å². The molecule has 26 heavy (non-hydrogen) atoms. The maximum Gasteiger partial charge on any atom is 0.251 e. The lowest BCUT2D eigenvalue weighted by atomic mass is 9.92. The zero-order valence-electron chi connectivity index (χ0n) is 15.7. The number of carbonyl (C=O) groups excluding carboxylic acids is 1. The summed E-state index contributed by atoms with van der Waals surface area (Å²) in [6, 6.07) is 2.90. The molecule has 10 heteroatoms. The molecular formula is C16H28ClN3O5S. The Morgan fingerprint density at radius 1 is 1.19 bits per heavy atom. The average molecular weight is 410 g/mol. The van der Waals surface area contributed by atoms with Gasteiger partial charge in [-0.2, -0.15) is 0 Å². The number of nitrogens with one attached hydrogen (secondary N) is 2. The van der Waals surface area contributed by atoms with Gasteiger partial charge in [-0.3, -0.25) is 9.52 Å². The number of nitrogens with two attached hydrogens (primary N) is 1. The van der Waals surface area contributed by atoms with Crippen molar-refractivity contribution in [3.63, 3.8) is 0 Å². The highest BCUT2D eigenvalue weighted by atomic mass is 35.5. The van der Waals surface area contributed by atoms with Crippen molar-refractivity contribution in [2.45, 2.75) is 32.2 Å². The zero-order chi connectivity index (χ0) is 19.3. The zero-order valence-corrected chi connectivity index (χ0v) is 17.3. The first kappa shape index (κ1) is 24.3. The Kier molecular flexibility index (Phi) is 9.19. The lowest BCUT2D eigenvalue weighted by Crippen LogP contribution is -2.52. The van der Waals surface area contributed by atoms with Gasteiger partial charge in [0.1, 0.15) is 0 Å². The summed E-state index contributed by atoms with van der Waals surface area (Å²) >= 11 is 0. The van der Waals surface area contributed by atoms with Crippen LogP contribution in [-0.4, -0.2) is 46.9 Å². The second kappa shape index (κ2) is 9.84. The van der Waals surface area contributed by atoms with Crippen molar-refractivity contribution < 1.29 is 22.7 Å². The third-order valence-corrected chi connectivity index (χ3v) is 4.75. The topological polar surface area (TPSA) is 120 Å². The Hall–Kier alpha value is -1.71. The molecule has 0 fully saturated rings. The molecule has 4 N–H and O–H groups in total. The molecule has 0 spiro atoms. The number of anilines is 1. The Morgan fingerprint density at radius 3 is 2.15 bits per heavy atom. The Balaban J connectivity index is 0.00000625. The van der Waals surface area contributed by atoms with Crippen molar-refractivity contribution in [3.8, 4) is 11.5 Å². The van der Waals surface area contributed by atoms with Gasteiger partial charge in [-0.05, 0) is 25.0 Å². The van der Waals surface area contributed by atoms with Gasteiger partial charge < -0.3 is 20.5 Å². The molecule has 0 aliphatic rings. The van der Waals surface area contributed by atoms with Crippen LogP contribution in [0.1, 0.15) is 37.0 Å². The normalized spacial score (nSPS) is 11.3. The van der Waals surface area contributed by atoms with Gasteiger partial charge in [0.15, 0.2) is 11.5 Å². The molecule has 0 heterocycles. The number of hydrogen-bond donors (Lipinski definition) is 3. The molecule has 0 atom stereocenters. The molecule has 1 rings (SSSR count). The molecule has 1 aromatic rings. The summed E-state index contributed by atoms with van der Waals surface area (Å²) in [6.07, 6.45) is 2.36. The van der Waals surface area contributed by atoms with Crippen LogP contribution < -0.4 is 25.2 Å². The molecule has 0 unspecified atom stereocenters. The summed E-state index contributed by atoms with van der Waals surface area (Å²) in [5, 5.41) is 2.94. The highest BCUT2D eigenvalue weighted by Gasteiger charge is 2.28. The van der Waals surface area contributed by atoms with E-state index < -0.39 is 15.6 Å². The SMILES string of the molecule is CCC(CC)(CN)NC(=O)c1cc(NS(C)(=O)=O)c(OC)c(OC)c1.Cl. The van der Waals surface area contributed by atoms with Gasteiger partial charge in [-0.15, -0.1) is 12.4 Å². The minimum atomic E-state index is -3.56. The minimum absolute atomic E-state index is 0. The largest absolute Gasteiger partial charge is 0.493 e. The van der Waals surface area contributed by atoms with Gasteiger partial charge >= 0.3 is 0 Å². The molecule has 8 nitrogen and oxygen atoms in total. The number of ether oxygens (including phenoxy) is 2. The van der Waals surface area contributed by atoms with Gasteiger partial charge in [-0.25, -0.2) is 8.42 Å². The summed E-state index contributed by atoms with van der Waals surface area (Å²) in [4.78, 5) is 12.7. The quantitative estimate of drug-likeness (QED) is 0.571. The predicted octanol–water partition coefficient (Wildman–Crippen LogP) is 1.74. The third-order valence-electron chi connectivity index (χ3n) is 4.16. The molecule has 1 aromatic carbocycles. The maximum atomic E-state index is 12.7. The molecule has 0 aliphatic carbocycles. The van der Waals surface area contributed by atoms with Crippen molar-refractivity contribution in [1.82, 2.24) is 5.32 Å². The first-order valence-corrected chi connectivity index (χ1v) is 9.80. The number of halogens is 1. The molecule has 150 valence electrons. The van der Waals surface area contributed by atoms with Crippen LogP contribution in [-0.2, 0) is 10.0 Å². The molecule has 0 saturated heterocycles. The number of rotatable bonds is 9. The second-order valence-corrected chi connectivity index (χ2v) is 7.53. The van der Waals surface area contributed by atoms with E-state index in [2.05, 4.69) is 10.0 Å². The summed E-state index contributed by atoms with van der Waals surface area (Å²) in [7, 11) is -0.767. The smallest absolute Gasteiger partial charge is 0.251 e. The molecule has 0 radical (unpaired) electrons. The molecular weight excluding hydrogens is 382 g/mol. The van der Waals surface area contributed by atoms with Crippen LogP contribution in [0.5, 0.6) is 11.5 Å². The van der Waals surface area contributed by atoms with Crippen molar-refractivity contribution in [3.05, 3.63) is 17.7 Å². The van der Waals surface area contributed by atoms with E-state index in [4.69, 9.17) is 15.2 Å². The van der Waals surface area contributed by atoms with Crippen LogP contribution in [0.15, 0.2) is 12.1 Å². The van der Waals surface area contributed by atoms with Crippen molar-refractivity contribution >= 4 is 34.0 Å². The number of benzene rings is 1. The minimum Gasteiger partial charge on any atom is -0.493 e. The van der Waals surface area contributed by atoms with Gasteiger partial charge in [0.25, 0.3) is 5.91 Å². The average Bonchev–Trinajstić information content (AvgIpc) is 2.57. The second-order valence-electron chi connectivity index (χ2n) is 5.78. The number of sulfonamides is 1. The number of methoxy groups -OCH3 is 2. The fraction of sp³-hybridized carbons (Fsp3) is 0.562. The molecule has 0 saturated carbocycles. The lowest BCUT2D eigenvalue weighted by molar-refractivity contribution is 0.0895. The van der Waals surface area contributed by atoms with E-state index in [1.165, 1.54) is 26.4 Å². The summed E-state index contributed by atoms with van der Waals surface area (Å²) < 4.78 is 36.0. The number of carbonyl (C=O) groups is 1. The van der Waals surface area contributed by atoms with E-state index in [-0.39, 0.29) is 41.1 Å². The van der Waals surface area contributed by atoms with Crippen LogP contribution in [0.25, 0.3) is 0 Å². The molecule has 0 aromatic heterocycles. The monoisotopic (exact) mass is 409 g/mol. The highest BCUT2D eigenvalue weighted by Crippen LogP contribution is 2.37. The van der Waals surface area contributed by atoms with E-state index in [1.54, 1.807) is 0 Å². The molecule has 1 amide bonds. The Morgan fingerprint density at radius 2 is 1.77 bits per heavy atom. The number of hydrogen-bond acceptors (Lipinski definition) is 6. The molecule has 0 bridgehead atoms. The summed E-state index contributed by atoms with van der Waals surface area (Å²) in [6.45, 7) is 4.19. The molecule has 0 aliphatic heterocycles. The van der Waals surface area contributed by atoms with Gasteiger partial charge in [0, 0.05) is 12.1 Å². The first-order valence-electron chi connectivity index (χ1n) is 7.91. The van der Waals surface area contributed by atoms with Crippen LogP contribution in [0, 0.1) is 0 Å². The van der Waals surface area contributed by atoms with E-state index >= 15 is 0 Å². The van der Waals surface area contributed by atoms with Crippen molar-refractivity contribution in [2.24, 2.45) is 5.73 Å². The standard InChI is InChI=1S/C16H27N3O5S.ClH/c1-6-16(7-2,10-17)18-15(20)11-8-12(19-25(5,21)22)14(24-4)13(9-11)23-3;/h8-9,19H,6-7,10,17H2,1-5H3,(H,18,20);1H. The fourth-order valence-electron chi connectivity index (χ4n) is 2.45. The Bertz CT molecular complexity index is 713. The van der Waals surface area contributed by atoms with Crippen LogP contribution in [0.4, 0.5) is 5.69 Å². The van der Waals surface area contributed by atoms with E-state index in [1.807, 2.05) is 13.8 Å². The lowest BCUT2D eigenvalue weighted by Gasteiger charge is -2.31. The van der Waals surface area contributed by atoms with Crippen molar-refractivity contribution in [2.75, 3.05) is 31.7 Å². The van der Waals surface area contributed by atoms with Gasteiger partial charge in [0.05, 0.1) is 31.7 Å². The van der Waals surface area contributed by atoms with Gasteiger partial charge in [-0.1, -0.05) is 13.8 Å². The predicted molar refractivity (Wildman–Crippen MR) is 105 cm³/mol. The van der Waals surface area contributed by atoms with Crippen LogP contribution in [0.2, 0.25) is 0 Å². The van der Waals surface area contributed by atoms with Crippen molar-refractivity contribution in [1.29, 1.82) is 0 Å². The van der Waals surface area contributed by atoms with E-state index in [0.29, 0.717) is 19.4 Å².